The highest BCUT2D eigenvalue weighted by atomic mass is 32.1. The standard InChI is InChI=1S/C17H20N6O4S/c24-13(2-1-12-15(26)20-16(27)19-12)22-5-3-21(4-6-22)10-11-9-14(25)23-7-8-28-17(23)18-11/h7-9,12H,1-6,10H2,(H2,19,20,26,27)/t12-/m0/s1. The average Bonchev–Trinajstić information content (AvgIpc) is 3.26. The van der Waals surface area contributed by atoms with Gasteiger partial charge in [0.1, 0.15) is 6.04 Å². The largest absolute Gasteiger partial charge is 0.340 e. The summed E-state index contributed by atoms with van der Waals surface area (Å²) < 4.78 is 1.53. The van der Waals surface area contributed by atoms with Gasteiger partial charge in [-0.05, 0) is 6.42 Å². The number of piperazine rings is 1. The SMILES string of the molecule is O=C1NC(=O)[C@H](CCC(=O)N2CCN(Cc3cc(=O)n4ccsc4n3)CC2)N1. The van der Waals surface area contributed by atoms with Gasteiger partial charge < -0.3 is 10.2 Å². The van der Waals surface area contributed by atoms with Crippen molar-refractivity contribution in [2.24, 2.45) is 0 Å². The van der Waals surface area contributed by atoms with E-state index in [9.17, 15) is 19.2 Å². The van der Waals surface area contributed by atoms with Gasteiger partial charge in [0.25, 0.3) is 11.5 Å². The molecule has 10 nitrogen and oxygen atoms in total. The number of rotatable bonds is 5. The number of fused-ring (bicyclic) bond motifs is 1. The molecule has 0 aromatic carbocycles. The second kappa shape index (κ2) is 7.68. The molecule has 0 spiro atoms. The van der Waals surface area contributed by atoms with Gasteiger partial charge in [-0.15, -0.1) is 11.3 Å². The molecule has 0 unspecified atom stereocenters. The Morgan fingerprint density at radius 3 is 2.71 bits per heavy atom. The van der Waals surface area contributed by atoms with Crippen LogP contribution in [-0.4, -0.2) is 69.3 Å². The number of urea groups is 1. The number of carbonyl (C=O) groups excluding carboxylic acids is 3. The number of aromatic nitrogens is 2. The molecule has 0 bridgehead atoms. The molecule has 0 saturated carbocycles. The Morgan fingerprint density at radius 2 is 2.00 bits per heavy atom. The van der Waals surface area contributed by atoms with E-state index in [0.717, 1.165) is 5.69 Å². The molecule has 0 radical (unpaired) electrons. The maximum atomic E-state index is 12.4. The summed E-state index contributed by atoms with van der Waals surface area (Å²) in [4.78, 5) is 56.2. The fraction of sp³-hybridized carbons (Fsp3) is 0.471. The first kappa shape index (κ1) is 18.6. The van der Waals surface area contributed by atoms with E-state index < -0.39 is 12.1 Å². The van der Waals surface area contributed by atoms with Gasteiger partial charge in [-0.3, -0.25) is 29.0 Å². The van der Waals surface area contributed by atoms with Crippen molar-refractivity contribution in [1.29, 1.82) is 0 Å². The molecular weight excluding hydrogens is 384 g/mol. The Morgan fingerprint density at radius 1 is 1.21 bits per heavy atom. The van der Waals surface area contributed by atoms with Crippen molar-refractivity contribution >= 4 is 34.1 Å². The number of thiazole rings is 1. The molecule has 0 aliphatic carbocycles. The lowest BCUT2D eigenvalue weighted by atomic mass is 10.1. The Bertz CT molecular complexity index is 977. The smallest absolute Gasteiger partial charge is 0.322 e. The normalized spacial score (nSPS) is 20.4. The van der Waals surface area contributed by atoms with Crippen LogP contribution in [-0.2, 0) is 16.1 Å². The van der Waals surface area contributed by atoms with Crippen molar-refractivity contribution in [2.75, 3.05) is 26.2 Å². The molecule has 28 heavy (non-hydrogen) atoms. The summed E-state index contributed by atoms with van der Waals surface area (Å²) in [5.74, 6) is -0.404. The van der Waals surface area contributed by atoms with Crippen molar-refractivity contribution in [3.05, 3.63) is 33.7 Å². The highest BCUT2D eigenvalue weighted by Crippen LogP contribution is 2.12. The monoisotopic (exact) mass is 404 g/mol. The second-order valence-corrected chi connectivity index (χ2v) is 7.73. The summed E-state index contributed by atoms with van der Waals surface area (Å²) in [5.41, 5.74) is 0.647. The van der Waals surface area contributed by atoms with Crippen LogP contribution in [0.1, 0.15) is 18.5 Å². The van der Waals surface area contributed by atoms with E-state index in [-0.39, 0.29) is 23.8 Å². The van der Waals surface area contributed by atoms with Gasteiger partial charge in [-0.2, -0.15) is 0 Å². The molecule has 148 valence electrons. The van der Waals surface area contributed by atoms with Crippen LogP contribution in [0, 0.1) is 0 Å². The number of hydrogen-bond acceptors (Lipinski definition) is 7. The first-order chi connectivity index (χ1) is 13.5. The lowest BCUT2D eigenvalue weighted by Crippen LogP contribution is -2.48. The summed E-state index contributed by atoms with van der Waals surface area (Å²) in [7, 11) is 0. The number of imide groups is 1. The van der Waals surface area contributed by atoms with E-state index >= 15 is 0 Å². The Hall–Kier alpha value is -2.79. The van der Waals surface area contributed by atoms with Gasteiger partial charge >= 0.3 is 6.03 Å². The quantitative estimate of drug-likeness (QED) is 0.642. The van der Waals surface area contributed by atoms with Crippen LogP contribution < -0.4 is 16.2 Å². The minimum Gasteiger partial charge on any atom is -0.340 e. The number of carbonyl (C=O) groups is 3. The van der Waals surface area contributed by atoms with E-state index in [1.807, 2.05) is 5.38 Å². The summed E-state index contributed by atoms with van der Waals surface area (Å²) in [6.45, 7) is 3.13. The van der Waals surface area contributed by atoms with Crippen molar-refractivity contribution in [3.8, 4) is 0 Å². The number of hydrogen-bond donors (Lipinski definition) is 2. The van der Waals surface area contributed by atoms with E-state index in [1.165, 1.54) is 15.7 Å². The third-order valence-corrected chi connectivity index (χ3v) is 5.73. The Kier molecular flexibility index (Phi) is 5.09. The zero-order chi connectivity index (χ0) is 19.7. The molecular formula is C17H20N6O4S. The molecule has 4 amide bonds. The zero-order valence-electron chi connectivity index (χ0n) is 15.1. The van der Waals surface area contributed by atoms with Crippen LogP contribution in [0.3, 0.4) is 0 Å². The molecule has 2 fully saturated rings. The van der Waals surface area contributed by atoms with Gasteiger partial charge in [0.2, 0.25) is 5.91 Å². The van der Waals surface area contributed by atoms with Gasteiger partial charge in [0, 0.05) is 56.8 Å². The van der Waals surface area contributed by atoms with Crippen molar-refractivity contribution in [3.63, 3.8) is 0 Å². The molecule has 2 aliphatic rings. The van der Waals surface area contributed by atoms with Crippen LogP contribution in [0.4, 0.5) is 4.79 Å². The summed E-state index contributed by atoms with van der Waals surface area (Å²) in [5, 5.41) is 6.49. The number of nitrogens with one attached hydrogen (secondary N) is 2. The van der Waals surface area contributed by atoms with Crippen molar-refractivity contribution in [2.45, 2.75) is 25.4 Å². The molecule has 2 aliphatic heterocycles. The topological polar surface area (TPSA) is 116 Å². The minimum atomic E-state index is -0.630. The fourth-order valence-electron chi connectivity index (χ4n) is 3.44. The maximum absolute atomic E-state index is 12.4. The molecule has 4 rings (SSSR count). The number of amides is 4. The second-order valence-electron chi connectivity index (χ2n) is 6.85. The summed E-state index contributed by atoms with van der Waals surface area (Å²) >= 11 is 1.42. The predicted octanol–water partition coefficient (Wildman–Crippen LogP) is -0.612. The van der Waals surface area contributed by atoms with Crippen LogP contribution in [0.15, 0.2) is 22.4 Å². The van der Waals surface area contributed by atoms with E-state index in [4.69, 9.17) is 0 Å². The zero-order valence-corrected chi connectivity index (χ0v) is 15.9. The summed E-state index contributed by atoms with van der Waals surface area (Å²) in [6, 6.07) is 0.415. The van der Waals surface area contributed by atoms with Crippen molar-refractivity contribution in [1.82, 2.24) is 29.8 Å². The lowest BCUT2D eigenvalue weighted by molar-refractivity contribution is -0.133. The molecule has 2 aromatic heterocycles. The third kappa shape index (κ3) is 3.90. The first-order valence-corrected chi connectivity index (χ1v) is 9.95. The number of nitrogens with zero attached hydrogens (tertiary/aromatic N) is 4. The van der Waals surface area contributed by atoms with Gasteiger partial charge in [-0.25, -0.2) is 9.78 Å². The van der Waals surface area contributed by atoms with Crippen LogP contribution in [0.25, 0.3) is 4.96 Å². The Balaban J connectivity index is 1.27. The molecule has 4 heterocycles. The molecule has 1 atom stereocenters. The average molecular weight is 404 g/mol. The van der Waals surface area contributed by atoms with Gasteiger partial charge in [0.05, 0.1) is 5.69 Å². The van der Waals surface area contributed by atoms with Gasteiger partial charge in [0.15, 0.2) is 4.96 Å². The minimum absolute atomic E-state index is 0.0232. The van der Waals surface area contributed by atoms with Crippen molar-refractivity contribution < 1.29 is 14.4 Å². The van der Waals surface area contributed by atoms with Gasteiger partial charge in [-0.1, -0.05) is 0 Å². The van der Waals surface area contributed by atoms with Crippen LogP contribution in [0.2, 0.25) is 0 Å². The van der Waals surface area contributed by atoms with E-state index in [0.29, 0.717) is 44.1 Å². The fourth-order valence-corrected chi connectivity index (χ4v) is 4.18. The van der Waals surface area contributed by atoms with Crippen LogP contribution >= 0.6 is 11.3 Å². The van der Waals surface area contributed by atoms with E-state index in [1.54, 1.807) is 17.2 Å². The molecule has 2 aromatic rings. The molecule has 2 saturated heterocycles. The maximum Gasteiger partial charge on any atom is 0.322 e. The van der Waals surface area contributed by atoms with E-state index in [2.05, 4.69) is 20.5 Å². The highest BCUT2D eigenvalue weighted by Gasteiger charge is 2.30. The first-order valence-electron chi connectivity index (χ1n) is 9.07. The molecule has 11 heteroatoms. The lowest BCUT2D eigenvalue weighted by Gasteiger charge is -2.34. The Labute approximate surface area is 164 Å². The van der Waals surface area contributed by atoms with Crippen LogP contribution in [0.5, 0.6) is 0 Å². The summed E-state index contributed by atoms with van der Waals surface area (Å²) in [6.07, 6.45) is 2.22. The third-order valence-electron chi connectivity index (χ3n) is 4.97. The molecule has 2 N–H and O–H groups in total. The predicted molar refractivity (Wildman–Crippen MR) is 101 cm³/mol. The highest BCUT2D eigenvalue weighted by molar-refractivity contribution is 7.15.